The number of nitrogens with zero attached hydrogens (tertiary/aromatic N) is 2. The van der Waals surface area contributed by atoms with Crippen LogP contribution >= 0.6 is 11.3 Å². The van der Waals surface area contributed by atoms with E-state index in [2.05, 4.69) is 15.0 Å². The van der Waals surface area contributed by atoms with Crippen LogP contribution < -0.4 is 11.1 Å². The van der Waals surface area contributed by atoms with Crippen LogP contribution in [0.15, 0.2) is 51.1 Å². The summed E-state index contributed by atoms with van der Waals surface area (Å²) in [5.41, 5.74) is -0.638. The molecule has 1 amide bonds. The minimum absolute atomic E-state index is 0.181. The number of hydrogen-bond acceptors (Lipinski definition) is 5. The lowest BCUT2D eigenvalue weighted by molar-refractivity contribution is -0.137. The Hall–Kier alpha value is -2.88. The number of aromatic nitrogens is 2. The maximum absolute atomic E-state index is 12.5. The number of alkyl halides is 3. The molecule has 10 heteroatoms. The van der Waals surface area contributed by atoms with E-state index in [1.807, 2.05) is 0 Å². The summed E-state index contributed by atoms with van der Waals surface area (Å²) in [7, 11) is 0. The fraction of sp³-hybridized carbons (Fsp3) is 0.133. The Labute approximate surface area is 142 Å². The van der Waals surface area contributed by atoms with Crippen LogP contribution in [-0.4, -0.2) is 15.6 Å². The Bertz CT molecular complexity index is 928. The molecule has 6 nitrogen and oxygen atoms in total. The molecule has 0 aliphatic rings. The van der Waals surface area contributed by atoms with Crippen LogP contribution in [0, 0.1) is 0 Å². The van der Waals surface area contributed by atoms with Gasteiger partial charge in [0, 0.05) is 5.69 Å². The number of benzene rings is 1. The van der Waals surface area contributed by atoms with Gasteiger partial charge in [0.15, 0.2) is 5.82 Å². The summed E-state index contributed by atoms with van der Waals surface area (Å²) in [4.78, 5) is 24.4. The zero-order chi connectivity index (χ0) is 18.0. The van der Waals surface area contributed by atoms with Gasteiger partial charge in [-0.3, -0.25) is 9.32 Å². The van der Waals surface area contributed by atoms with Crippen molar-refractivity contribution >= 4 is 22.9 Å². The Morgan fingerprint density at radius 3 is 2.56 bits per heavy atom. The van der Waals surface area contributed by atoms with Gasteiger partial charge < -0.3 is 5.32 Å². The van der Waals surface area contributed by atoms with Crippen LogP contribution in [0.3, 0.4) is 0 Å². The van der Waals surface area contributed by atoms with Crippen LogP contribution in [0.2, 0.25) is 0 Å². The molecule has 0 saturated heterocycles. The van der Waals surface area contributed by atoms with Crippen molar-refractivity contribution in [1.29, 1.82) is 0 Å². The maximum atomic E-state index is 12.5. The first-order valence-corrected chi connectivity index (χ1v) is 7.80. The Morgan fingerprint density at radius 2 is 1.96 bits per heavy atom. The summed E-state index contributed by atoms with van der Waals surface area (Å²) in [6.45, 7) is -0.378. The quantitative estimate of drug-likeness (QED) is 0.766. The third-order valence-corrected chi connectivity index (χ3v) is 4.09. The molecule has 130 valence electrons. The first-order chi connectivity index (χ1) is 11.8. The normalized spacial score (nSPS) is 11.5. The third-order valence-electron chi connectivity index (χ3n) is 3.23. The number of anilines is 1. The van der Waals surface area contributed by atoms with Gasteiger partial charge in [-0.15, -0.1) is 11.3 Å². The topological polar surface area (TPSA) is 77.1 Å². The average Bonchev–Trinajstić information content (AvgIpc) is 3.18. The molecular weight excluding hydrogens is 359 g/mol. The second kappa shape index (κ2) is 6.55. The lowest BCUT2D eigenvalue weighted by Crippen LogP contribution is -2.25. The van der Waals surface area contributed by atoms with Gasteiger partial charge in [0.1, 0.15) is 6.54 Å². The number of amides is 1. The number of rotatable bonds is 4. The highest BCUT2D eigenvalue weighted by molar-refractivity contribution is 7.13. The summed E-state index contributed by atoms with van der Waals surface area (Å²) in [5, 5.41) is 7.84. The molecule has 3 aromatic rings. The van der Waals surface area contributed by atoms with Crippen LogP contribution in [0.5, 0.6) is 0 Å². The highest BCUT2D eigenvalue weighted by Gasteiger charge is 2.30. The van der Waals surface area contributed by atoms with Crippen molar-refractivity contribution in [2.45, 2.75) is 12.7 Å². The van der Waals surface area contributed by atoms with E-state index in [1.54, 1.807) is 17.5 Å². The molecule has 0 spiro atoms. The zero-order valence-corrected chi connectivity index (χ0v) is 13.2. The van der Waals surface area contributed by atoms with Crippen molar-refractivity contribution < 1.29 is 22.5 Å². The summed E-state index contributed by atoms with van der Waals surface area (Å²) in [5.74, 6) is -1.18. The van der Waals surface area contributed by atoms with Crippen molar-refractivity contribution in [2.24, 2.45) is 0 Å². The van der Waals surface area contributed by atoms with Crippen LogP contribution in [0.1, 0.15) is 5.56 Å². The van der Waals surface area contributed by atoms with Gasteiger partial charge in [-0.1, -0.05) is 11.2 Å². The molecular formula is C15H10F3N3O3S. The van der Waals surface area contributed by atoms with E-state index in [9.17, 15) is 22.8 Å². The second-order valence-corrected chi connectivity index (χ2v) is 5.91. The highest BCUT2D eigenvalue weighted by atomic mass is 32.1. The minimum Gasteiger partial charge on any atom is -0.325 e. The monoisotopic (exact) mass is 369 g/mol. The van der Waals surface area contributed by atoms with E-state index in [4.69, 9.17) is 0 Å². The fourth-order valence-corrected chi connectivity index (χ4v) is 2.79. The molecule has 0 aliphatic heterocycles. The van der Waals surface area contributed by atoms with Crippen LogP contribution in [0.4, 0.5) is 18.9 Å². The van der Waals surface area contributed by atoms with E-state index < -0.39 is 23.4 Å². The molecule has 1 aromatic carbocycles. The molecule has 0 radical (unpaired) electrons. The van der Waals surface area contributed by atoms with Gasteiger partial charge in [0.05, 0.1) is 10.4 Å². The van der Waals surface area contributed by atoms with E-state index in [0.717, 1.165) is 28.8 Å². The Kier molecular flexibility index (Phi) is 4.45. The van der Waals surface area contributed by atoms with E-state index >= 15 is 0 Å². The Balaban J connectivity index is 1.74. The predicted octanol–water partition coefficient (Wildman–Crippen LogP) is 3.22. The standard InChI is InChI=1S/C15H10F3N3O3S/c16-15(17,18)9-3-5-10(6-4-9)19-12(22)8-21-13(20-24-14(21)23)11-2-1-7-25-11/h1-7H,8H2,(H,19,22). The molecule has 0 saturated carbocycles. The van der Waals surface area contributed by atoms with Crippen molar-refractivity contribution in [2.75, 3.05) is 5.32 Å². The first-order valence-electron chi connectivity index (χ1n) is 6.92. The van der Waals surface area contributed by atoms with Gasteiger partial charge in [0.25, 0.3) is 0 Å². The lowest BCUT2D eigenvalue weighted by Gasteiger charge is -2.09. The number of carbonyl (C=O) groups is 1. The zero-order valence-electron chi connectivity index (χ0n) is 12.4. The van der Waals surface area contributed by atoms with Crippen LogP contribution in [-0.2, 0) is 17.5 Å². The minimum atomic E-state index is -4.45. The second-order valence-electron chi connectivity index (χ2n) is 4.96. The summed E-state index contributed by atoms with van der Waals surface area (Å²) in [6.07, 6.45) is -4.45. The number of hydrogen-bond donors (Lipinski definition) is 1. The van der Waals surface area contributed by atoms with E-state index in [0.29, 0.717) is 4.88 Å². The van der Waals surface area contributed by atoms with Gasteiger partial charge in [-0.2, -0.15) is 13.2 Å². The molecule has 2 heterocycles. The molecule has 0 aliphatic carbocycles. The molecule has 2 aromatic heterocycles. The molecule has 25 heavy (non-hydrogen) atoms. The predicted molar refractivity (Wildman–Crippen MR) is 84.1 cm³/mol. The van der Waals surface area contributed by atoms with Gasteiger partial charge in [0.2, 0.25) is 5.91 Å². The highest BCUT2D eigenvalue weighted by Crippen LogP contribution is 2.29. The fourth-order valence-electron chi connectivity index (χ4n) is 2.08. The molecule has 0 bridgehead atoms. The van der Waals surface area contributed by atoms with Crippen molar-refractivity contribution in [3.05, 3.63) is 57.9 Å². The Morgan fingerprint density at radius 1 is 1.24 bits per heavy atom. The van der Waals surface area contributed by atoms with Crippen molar-refractivity contribution in [3.8, 4) is 10.7 Å². The number of nitrogens with one attached hydrogen (secondary N) is 1. The smallest absolute Gasteiger partial charge is 0.325 e. The van der Waals surface area contributed by atoms with Gasteiger partial charge in [-0.05, 0) is 35.7 Å². The van der Waals surface area contributed by atoms with Gasteiger partial charge >= 0.3 is 11.9 Å². The summed E-state index contributed by atoms with van der Waals surface area (Å²) < 4.78 is 43.2. The average molecular weight is 369 g/mol. The summed E-state index contributed by atoms with van der Waals surface area (Å²) >= 11 is 1.32. The van der Waals surface area contributed by atoms with E-state index in [1.165, 1.54) is 11.3 Å². The molecule has 1 N–H and O–H groups in total. The maximum Gasteiger partial charge on any atom is 0.442 e. The molecule has 0 fully saturated rings. The largest absolute Gasteiger partial charge is 0.442 e. The molecule has 0 unspecified atom stereocenters. The molecule has 0 atom stereocenters. The lowest BCUT2D eigenvalue weighted by atomic mass is 10.2. The van der Waals surface area contributed by atoms with Crippen molar-refractivity contribution in [3.63, 3.8) is 0 Å². The van der Waals surface area contributed by atoms with Crippen molar-refractivity contribution in [1.82, 2.24) is 9.72 Å². The number of thiophene rings is 1. The van der Waals surface area contributed by atoms with E-state index in [-0.39, 0.29) is 18.1 Å². The molecule has 3 rings (SSSR count). The van der Waals surface area contributed by atoms with Crippen LogP contribution in [0.25, 0.3) is 10.7 Å². The number of halogens is 3. The summed E-state index contributed by atoms with van der Waals surface area (Å²) in [6, 6.07) is 7.46. The van der Waals surface area contributed by atoms with Gasteiger partial charge in [-0.25, -0.2) is 9.36 Å². The third kappa shape index (κ3) is 3.79. The SMILES string of the molecule is O=C(Cn1c(-c2cccs2)noc1=O)Nc1ccc(C(F)(F)F)cc1. The number of carbonyl (C=O) groups excluding carboxylic acids is 1. The first kappa shape index (κ1) is 17.0.